The van der Waals surface area contributed by atoms with Gasteiger partial charge in [-0.2, -0.15) is 0 Å². The van der Waals surface area contributed by atoms with Crippen molar-refractivity contribution in [2.45, 2.75) is 31.1 Å². The van der Waals surface area contributed by atoms with Gasteiger partial charge < -0.3 is 14.4 Å². The highest BCUT2D eigenvalue weighted by atomic mass is 16.5. The summed E-state index contributed by atoms with van der Waals surface area (Å²) in [6.45, 7) is 3.71. The Bertz CT molecular complexity index is 732. The van der Waals surface area contributed by atoms with Crippen LogP contribution in [0.3, 0.4) is 0 Å². The number of aromatic nitrogens is 1. The summed E-state index contributed by atoms with van der Waals surface area (Å²) in [5.74, 6) is 1.64. The molecular weight excluding hydrogens is 312 g/mol. The van der Waals surface area contributed by atoms with E-state index in [1.54, 1.807) is 14.2 Å². The first-order chi connectivity index (χ1) is 12.2. The van der Waals surface area contributed by atoms with Crippen LogP contribution in [0.15, 0.2) is 36.5 Å². The number of hydrogen-bond donors (Lipinski definition) is 0. The van der Waals surface area contributed by atoms with E-state index in [4.69, 9.17) is 14.5 Å². The van der Waals surface area contributed by atoms with Gasteiger partial charge >= 0.3 is 0 Å². The fourth-order valence-corrected chi connectivity index (χ4v) is 4.52. The van der Waals surface area contributed by atoms with Crippen LogP contribution < -0.4 is 9.47 Å². The van der Waals surface area contributed by atoms with E-state index in [1.165, 1.54) is 50.9 Å². The molecule has 0 N–H and O–H groups in total. The molecule has 2 aliphatic heterocycles. The van der Waals surface area contributed by atoms with Crippen molar-refractivity contribution in [3.05, 3.63) is 42.1 Å². The number of nitrogens with zero attached hydrogens (tertiary/aromatic N) is 2. The van der Waals surface area contributed by atoms with Crippen molar-refractivity contribution in [3.63, 3.8) is 0 Å². The Morgan fingerprint density at radius 1 is 1.00 bits per heavy atom. The molecule has 2 aliphatic rings. The molecule has 0 amide bonds. The first-order valence-electron chi connectivity index (χ1n) is 9.15. The normalized spacial score (nSPS) is 25.4. The summed E-state index contributed by atoms with van der Waals surface area (Å²) in [5, 5.41) is 0. The van der Waals surface area contributed by atoms with Crippen molar-refractivity contribution in [2.24, 2.45) is 0 Å². The van der Waals surface area contributed by atoms with Gasteiger partial charge in [-0.15, -0.1) is 0 Å². The third-order valence-corrected chi connectivity index (χ3v) is 5.84. The van der Waals surface area contributed by atoms with Crippen molar-refractivity contribution in [1.82, 2.24) is 9.88 Å². The maximum absolute atomic E-state index is 5.51. The minimum atomic E-state index is 0.306. The number of hydrogen-bond acceptors (Lipinski definition) is 4. The first-order valence-corrected chi connectivity index (χ1v) is 9.15. The SMILES string of the molecule is COc1ccc(OC)c(-c2ccc(C34CCCN(CCC3)C4)cn2)c1. The van der Waals surface area contributed by atoms with E-state index >= 15 is 0 Å². The lowest BCUT2D eigenvalue weighted by molar-refractivity contribution is 0.0941. The maximum Gasteiger partial charge on any atom is 0.128 e. The Hall–Kier alpha value is -2.07. The van der Waals surface area contributed by atoms with Gasteiger partial charge in [-0.1, -0.05) is 6.07 Å². The average Bonchev–Trinajstić information content (AvgIpc) is 2.67. The van der Waals surface area contributed by atoms with Crippen LogP contribution in [0.2, 0.25) is 0 Å². The van der Waals surface area contributed by atoms with Crippen LogP contribution in [-0.2, 0) is 5.41 Å². The standard InChI is InChI=1S/C21H26N2O2/c1-24-17-6-8-20(25-2)18(13-17)19-7-5-16(14-22-19)21-9-3-11-23(15-21)12-4-10-21/h5-8,13-14H,3-4,9-12,15H2,1-2H3. The second-order valence-corrected chi connectivity index (χ2v) is 7.26. The van der Waals surface area contributed by atoms with E-state index < -0.39 is 0 Å². The van der Waals surface area contributed by atoms with Gasteiger partial charge in [-0.25, -0.2) is 0 Å². The molecule has 2 fully saturated rings. The molecule has 2 saturated heterocycles. The lowest BCUT2D eigenvalue weighted by atomic mass is 9.69. The third-order valence-electron chi connectivity index (χ3n) is 5.84. The number of rotatable bonds is 4. The Morgan fingerprint density at radius 3 is 2.44 bits per heavy atom. The zero-order chi connectivity index (χ0) is 17.3. The zero-order valence-electron chi connectivity index (χ0n) is 15.1. The molecule has 0 spiro atoms. The molecule has 4 nitrogen and oxygen atoms in total. The molecule has 3 heterocycles. The number of benzene rings is 1. The predicted octanol–water partition coefficient (Wildman–Crippen LogP) is 3.89. The molecule has 1 aromatic carbocycles. The summed E-state index contributed by atoms with van der Waals surface area (Å²) in [4.78, 5) is 7.41. The molecule has 1 aromatic heterocycles. The van der Waals surface area contributed by atoms with E-state index in [2.05, 4.69) is 23.2 Å². The smallest absolute Gasteiger partial charge is 0.128 e. The molecule has 0 saturated carbocycles. The Kier molecular flexibility index (Phi) is 4.38. The van der Waals surface area contributed by atoms with E-state index in [0.717, 1.165) is 22.8 Å². The topological polar surface area (TPSA) is 34.6 Å². The average molecular weight is 338 g/mol. The van der Waals surface area contributed by atoms with Crippen molar-refractivity contribution in [1.29, 1.82) is 0 Å². The number of piperidine rings is 2. The van der Waals surface area contributed by atoms with E-state index in [0.29, 0.717) is 5.41 Å². The lowest BCUT2D eigenvalue weighted by Gasteiger charge is -2.47. The lowest BCUT2D eigenvalue weighted by Crippen LogP contribution is -2.50. The van der Waals surface area contributed by atoms with Crippen molar-refractivity contribution in [3.8, 4) is 22.8 Å². The molecule has 25 heavy (non-hydrogen) atoms. The second kappa shape index (κ2) is 6.68. The molecule has 4 heteroatoms. The Morgan fingerprint density at radius 2 is 1.80 bits per heavy atom. The molecule has 0 aliphatic carbocycles. The Balaban J connectivity index is 1.67. The fraction of sp³-hybridized carbons (Fsp3) is 0.476. The molecule has 4 rings (SSSR count). The van der Waals surface area contributed by atoms with Crippen LogP contribution in [0.4, 0.5) is 0 Å². The number of fused-ring (bicyclic) bond motifs is 2. The Labute approximate surface area is 149 Å². The molecule has 2 aromatic rings. The van der Waals surface area contributed by atoms with Gasteiger partial charge in [0.05, 0.1) is 19.9 Å². The highest BCUT2D eigenvalue weighted by molar-refractivity contribution is 5.69. The predicted molar refractivity (Wildman–Crippen MR) is 99.4 cm³/mol. The van der Waals surface area contributed by atoms with Gasteiger partial charge in [0.15, 0.2) is 0 Å². The van der Waals surface area contributed by atoms with Crippen molar-refractivity contribution >= 4 is 0 Å². The quantitative estimate of drug-likeness (QED) is 0.847. The molecule has 0 radical (unpaired) electrons. The van der Waals surface area contributed by atoms with Gasteiger partial charge in [0.2, 0.25) is 0 Å². The summed E-state index contributed by atoms with van der Waals surface area (Å²) >= 11 is 0. The third kappa shape index (κ3) is 2.99. The van der Waals surface area contributed by atoms with Gasteiger partial charge in [-0.05, 0) is 68.6 Å². The monoisotopic (exact) mass is 338 g/mol. The minimum absolute atomic E-state index is 0.306. The first kappa shape index (κ1) is 16.4. The molecular formula is C21H26N2O2. The van der Waals surface area contributed by atoms with Crippen molar-refractivity contribution in [2.75, 3.05) is 33.9 Å². The van der Waals surface area contributed by atoms with Crippen LogP contribution in [0.5, 0.6) is 11.5 Å². The fourth-order valence-electron chi connectivity index (χ4n) is 4.52. The number of ether oxygens (including phenoxy) is 2. The van der Waals surface area contributed by atoms with Gasteiger partial charge in [-0.3, -0.25) is 4.98 Å². The molecule has 0 atom stereocenters. The number of methoxy groups -OCH3 is 2. The minimum Gasteiger partial charge on any atom is -0.497 e. The van der Waals surface area contributed by atoms with Crippen LogP contribution >= 0.6 is 0 Å². The molecule has 0 unspecified atom stereocenters. The van der Waals surface area contributed by atoms with Gasteiger partial charge in [0, 0.05) is 23.7 Å². The molecule has 2 bridgehead atoms. The summed E-state index contributed by atoms with van der Waals surface area (Å²) < 4.78 is 10.9. The highest BCUT2D eigenvalue weighted by Crippen LogP contribution is 2.41. The van der Waals surface area contributed by atoms with Crippen molar-refractivity contribution < 1.29 is 9.47 Å². The van der Waals surface area contributed by atoms with Gasteiger partial charge in [0.25, 0.3) is 0 Å². The largest absolute Gasteiger partial charge is 0.497 e. The van der Waals surface area contributed by atoms with Crippen LogP contribution in [0, 0.1) is 0 Å². The maximum atomic E-state index is 5.51. The second-order valence-electron chi connectivity index (χ2n) is 7.26. The van der Waals surface area contributed by atoms with E-state index in [1.807, 2.05) is 18.2 Å². The summed E-state index contributed by atoms with van der Waals surface area (Å²) in [6, 6.07) is 10.2. The van der Waals surface area contributed by atoms with Crippen LogP contribution in [0.1, 0.15) is 31.2 Å². The summed E-state index contributed by atoms with van der Waals surface area (Å²) in [5.41, 5.74) is 3.60. The summed E-state index contributed by atoms with van der Waals surface area (Å²) in [7, 11) is 3.37. The zero-order valence-corrected chi connectivity index (χ0v) is 15.1. The van der Waals surface area contributed by atoms with Gasteiger partial charge in [0.1, 0.15) is 11.5 Å². The van der Waals surface area contributed by atoms with E-state index in [9.17, 15) is 0 Å². The van der Waals surface area contributed by atoms with E-state index in [-0.39, 0.29) is 0 Å². The molecule has 132 valence electrons. The highest BCUT2D eigenvalue weighted by Gasteiger charge is 2.39. The van der Waals surface area contributed by atoms with Crippen LogP contribution in [0.25, 0.3) is 11.3 Å². The summed E-state index contributed by atoms with van der Waals surface area (Å²) in [6.07, 6.45) is 7.25. The van der Waals surface area contributed by atoms with Crippen LogP contribution in [-0.4, -0.2) is 43.7 Å². The number of pyridine rings is 1.